The van der Waals surface area contributed by atoms with Crippen LogP contribution in [0.25, 0.3) is 22.3 Å². The maximum Gasteiger partial charge on any atom is 0.338 e. The fourth-order valence-electron chi connectivity index (χ4n) is 4.61. The molecule has 0 aliphatic carbocycles. The molecule has 0 N–H and O–H groups in total. The second kappa shape index (κ2) is 16.4. The fourth-order valence-corrected chi connectivity index (χ4v) is 4.61. The molecule has 0 aromatic heterocycles. The van der Waals surface area contributed by atoms with Gasteiger partial charge < -0.3 is 9.47 Å². The van der Waals surface area contributed by atoms with Gasteiger partial charge in [-0.2, -0.15) is 0 Å². The summed E-state index contributed by atoms with van der Waals surface area (Å²) in [5.41, 5.74) is 4.71. The Morgan fingerprint density at radius 1 is 0.675 bits per heavy atom. The van der Waals surface area contributed by atoms with Gasteiger partial charge in [0.15, 0.2) is 6.10 Å². The summed E-state index contributed by atoms with van der Waals surface area (Å²) >= 11 is 0. The van der Waals surface area contributed by atoms with E-state index in [2.05, 4.69) is 13.8 Å². The van der Waals surface area contributed by atoms with Crippen molar-refractivity contribution >= 4 is 17.7 Å². The Morgan fingerprint density at radius 3 is 2.00 bits per heavy atom. The summed E-state index contributed by atoms with van der Waals surface area (Å²) in [5, 5.41) is 0. The minimum atomic E-state index is -0.847. The highest BCUT2D eigenvalue weighted by atomic mass is 16.5. The molecule has 1 atom stereocenters. The van der Waals surface area contributed by atoms with Gasteiger partial charge in [0.25, 0.3) is 0 Å². The molecule has 3 aromatic rings. The lowest BCUT2D eigenvalue weighted by atomic mass is 9.92. The zero-order valence-corrected chi connectivity index (χ0v) is 24.1. The predicted molar refractivity (Wildman–Crippen MR) is 160 cm³/mol. The highest BCUT2D eigenvalue weighted by molar-refractivity contribution is 6.01. The van der Waals surface area contributed by atoms with Crippen molar-refractivity contribution in [2.75, 3.05) is 6.61 Å². The number of unbranched alkanes of at least 4 members (excludes halogenated alkanes) is 6. The summed E-state index contributed by atoms with van der Waals surface area (Å²) in [6, 6.07) is 22.8. The van der Waals surface area contributed by atoms with Gasteiger partial charge in [-0.3, -0.25) is 9.59 Å². The van der Waals surface area contributed by atoms with Crippen LogP contribution < -0.4 is 0 Å². The number of ketones is 1. The lowest BCUT2D eigenvalue weighted by Crippen LogP contribution is -2.24. The summed E-state index contributed by atoms with van der Waals surface area (Å²) < 4.78 is 10.9. The van der Waals surface area contributed by atoms with Crippen molar-refractivity contribution in [2.45, 2.75) is 84.7 Å². The molecule has 0 spiro atoms. The molecule has 0 amide bonds. The molecule has 5 heteroatoms. The minimum absolute atomic E-state index is 0.241. The van der Waals surface area contributed by atoms with E-state index in [1.807, 2.05) is 54.6 Å². The molecule has 3 aromatic carbocycles. The van der Waals surface area contributed by atoms with Gasteiger partial charge in [0.2, 0.25) is 5.78 Å². The van der Waals surface area contributed by atoms with E-state index in [1.54, 1.807) is 25.1 Å². The van der Waals surface area contributed by atoms with Crippen molar-refractivity contribution in [3.63, 3.8) is 0 Å². The van der Waals surface area contributed by atoms with Crippen LogP contribution in [0.1, 0.15) is 99.3 Å². The number of ether oxygens (including phenoxy) is 2. The van der Waals surface area contributed by atoms with Crippen LogP contribution in [0.5, 0.6) is 0 Å². The summed E-state index contributed by atoms with van der Waals surface area (Å²) in [5.74, 6) is -0.921. The second-order valence-corrected chi connectivity index (χ2v) is 10.2. The zero-order valence-electron chi connectivity index (χ0n) is 24.1. The Labute approximate surface area is 238 Å². The van der Waals surface area contributed by atoms with E-state index in [-0.39, 0.29) is 17.7 Å². The standard InChI is InChI=1S/C35H42O5/c1-4-6-8-9-14-24-39-35(38)30-22-23-31(27-15-12-10-13-16-27)32(25-30)28-18-20-29(21-19-28)34(37)26(3)40-33(36)17-11-7-5-2/h10,12-13,15-16,18-23,25-26H,4-9,11,14,17,24H2,1-3H3. The number of benzene rings is 3. The molecule has 0 aliphatic rings. The number of esters is 2. The van der Waals surface area contributed by atoms with Crippen LogP contribution in [0.4, 0.5) is 0 Å². The second-order valence-electron chi connectivity index (χ2n) is 10.2. The van der Waals surface area contributed by atoms with Crippen molar-refractivity contribution in [2.24, 2.45) is 0 Å². The van der Waals surface area contributed by atoms with Crippen LogP contribution in [0, 0.1) is 0 Å². The molecule has 3 rings (SSSR count). The Bertz CT molecular complexity index is 1230. The summed E-state index contributed by atoms with van der Waals surface area (Å²) in [6.07, 6.45) is 7.67. The first-order valence-electron chi connectivity index (χ1n) is 14.6. The third kappa shape index (κ3) is 9.18. The number of hydrogen-bond acceptors (Lipinski definition) is 5. The topological polar surface area (TPSA) is 69.7 Å². The van der Waals surface area contributed by atoms with Crippen LogP contribution in [-0.4, -0.2) is 30.4 Å². The highest BCUT2D eigenvalue weighted by Gasteiger charge is 2.20. The van der Waals surface area contributed by atoms with Crippen molar-refractivity contribution < 1.29 is 23.9 Å². The minimum Gasteiger partial charge on any atom is -0.462 e. The molecule has 0 saturated carbocycles. The number of Topliss-reactive ketones (excluding diaryl/α,β-unsaturated/α-hetero) is 1. The first kappa shape index (κ1) is 30.8. The van der Waals surface area contributed by atoms with E-state index in [4.69, 9.17) is 9.47 Å². The first-order chi connectivity index (χ1) is 19.4. The summed E-state index contributed by atoms with van der Waals surface area (Å²) in [4.78, 5) is 37.9. The molecule has 40 heavy (non-hydrogen) atoms. The van der Waals surface area contributed by atoms with Crippen LogP contribution in [-0.2, 0) is 14.3 Å². The van der Waals surface area contributed by atoms with Crippen molar-refractivity contribution in [1.29, 1.82) is 0 Å². The number of carbonyl (C=O) groups excluding carboxylic acids is 3. The molecule has 5 nitrogen and oxygen atoms in total. The van der Waals surface area contributed by atoms with Crippen molar-refractivity contribution in [3.8, 4) is 22.3 Å². The number of carbonyl (C=O) groups is 3. The lowest BCUT2D eigenvalue weighted by molar-refractivity contribution is -0.146. The molecule has 212 valence electrons. The van der Waals surface area contributed by atoms with Crippen LogP contribution in [0.2, 0.25) is 0 Å². The molecule has 0 saturated heterocycles. The maximum atomic E-state index is 12.9. The van der Waals surface area contributed by atoms with Crippen molar-refractivity contribution in [1.82, 2.24) is 0 Å². The van der Waals surface area contributed by atoms with E-state index < -0.39 is 6.10 Å². The predicted octanol–water partition coefficient (Wildman–Crippen LogP) is 8.84. The third-order valence-corrected chi connectivity index (χ3v) is 6.96. The molecule has 0 bridgehead atoms. The molecular weight excluding hydrogens is 500 g/mol. The summed E-state index contributed by atoms with van der Waals surface area (Å²) in [6.45, 7) is 6.27. The Balaban J connectivity index is 1.77. The van der Waals surface area contributed by atoms with E-state index in [1.165, 1.54) is 12.8 Å². The van der Waals surface area contributed by atoms with E-state index in [0.717, 1.165) is 60.8 Å². The zero-order chi connectivity index (χ0) is 28.7. The monoisotopic (exact) mass is 542 g/mol. The number of hydrogen-bond donors (Lipinski definition) is 0. The normalized spacial score (nSPS) is 11.6. The molecule has 0 heterocycles. The quantitative estimate of drug-likeness (QED) is 0.103. The maximum absolute atomic E-state index is 12.9. The van der Waals surface area contributed by atoms with Crippen molar-refractivity contribution in [3.05, 3.63) is 83.9 Å². The van der Waals surface area contributed by atoms with Gasteiger partial charge in [-0.1, -0.05) is 113 Å². The van der Waals surface area contributed by atoms with Crippen LogP contribution in [0.3, 0.4) is 0 Å². The van der Waals surface area contributed by atoms with Gasteiger partial charge in [-0.15, -0.1) is 0 Å². The number of rotatable bonds is 16. The van der Waals surface area contributed by atoms with Gasteiger partial charge in [-0.25, -0.2) is 4.79 Å². The molecular formula is C35H42O5. The SMILES string of the molecule is CCCCCCCOC(=O)c1ccc(-c2ccccc2)c(-c2ccc(C(=O)C(C)OC(=O)CCCCC)cc2)c1. The Kier molecular flexibility index (Phi) is 12.6. The fraction of sp³-hybridized carbons (Fsp3) is 0.400. The largest absolute Gasteiger partial charge is 0.462 e. The summed E-state index contributed by atoms with van der Waals surface area (Å²) in [7, 11) is 0. The first-order valence-corrected chi connectivity index (χ1v) is 14.6. The van der Waals surface area contributed by atoms with Gasteiger partial charge >= 0.3 is 11.9 Å². The average Bonchev–Trinajstić information content (AvgIpc) is 2.98. The highest BCUT2D eigenvalue weighted by Crippen LogP contribution is 2.33. The molecule has 0 aliphatic heterocycles. The van der Waals surface area contributed by atoms with Crippen LogP contribution in [0.15, 0.2) is 72.8 Å². The van der Waals surface area contributed by atoms with E-state index in [0.29, 0.717) is 24.2 Å². The van der Waals surface area contributed by atoms with E-state index >= 15 is 0 Å². The smallest absolute Gasteiger partial charge is 0.338 e. The van der Waals surface area contributed by atoms with Gasteiger partial charge in [0, 0.05) is 12.0 Å². The van der Waals surface area contributed by atoms with E-state index in [9.17, 15) is 14.4 Å². The third-order valence-electron chi connectivity index (χ3n) is 6.96. The Hall–Kier alpha value is -3.73. The van der Waals surface area contributed by atoms with Gasteiger partial charge in [0.1, 0.15) is 0 Å². The van der Waals surface area contributed by atoms with Gasteiger partial charge in [0.05, 0.1) is 12.2 Å². The average molecular weight is 543 g/mol. The Morgan fingerprint density at radius 2 is 1.30 bits per heavy atom. The molecule has 0 fully saturated rings. The molecule has 0 radical (unpaired) electrons. The molecule has 1 unspecified atom stereocenters. The van der Waals surface area contributed by atoms with Crippen LogP contribution >= 0.6 is 0 Å². The van der Waals surface area contributed by atoms with Gasteiger partial charge in [-0.05, 0) is 54.2 Å². The lowest BCUT2D eigenvalue weighted by Gasteiger charge is -2.15.